The van der Waals surface area contributed by atoms with E-state index in [2.05, 4.69) is 12.1 Å². The minimum absolute atomic E-state index is 0.104. The summed E-state index contributed by atoms with van der Waals surface area (Å²) in [4.78, 5) is 0. The van der Waals surface area contributed by atoms with Crippen LogP contribution >= 0.6 is 0 Å². The lowest BCUT2D eigenvalue weighted by atomic mass is 9.79. The molecule has 106 valence electrons. The number of nitriles is 2. The van der Waals surface area contributed by atoms with Crippen molar-refractivity contribution < 1.29 is 4.74 Å². The van der Waals surface area contributed by atoms with Gasteiger partial charge in [0.1, 0.15) is 11.7 Å². The summed E-state index contributed by atoms with van der Waals surface area (Å²) in [7, 11) is 0. The summed E-state index contributed by atoms with van der Waals surface area (Å²) in [6.45, 7) is 0. The Morgan fingerprint density at radius 3 is 2.68 bits per heavy atom. The molecule has 0 amide bonds. The van der Waals surface area contributed by atoms with E-state index in [-0.39, 0.29) is 11.8 Å². The van der Waals surface area contributed by atoms with E-state index in [4.69, 9.17) is 21.1 Å². The zero-order valence-corrected chi connectivity index (χ0v) is 11.6. The number of nitrogens with one attached hydrogen (secondary N) is 1. The molecule has 0 fully saturated rings. The molecule has 0 spiro atoms. The number of nitrogens with zero attached hydrogens (tertiary/aromatic N) is 2. The van der Waals surface area contributed by atoms with Crippen molar-refractivity contribution >= 4 is 11.6 Å². The van der Waals surface area contributed by atoms with E-state index in [0.717, 1.165) is 11.1 Å². The highest BCUT2D eigenvalue weighted by Gasteiger charge is 2.36. The molecule has 5 nitrogen and oxygen atoms in total. The average Bonchev–Trinajstić information content (AvgIpc) is 2.53. The highest BCUT2D eigenvalue weighted by atomic mass is 16.5. The van der Waals surface area contributed by atoms with Gasteiger partial charge in [-0.05, 0) is 23.8 Å². The first-order valence-electron chi connectivity index (χ1n) is 6.69. The van der Waals surface area contributed by atoms with Crippen molar-refractivity contribution in [1.82, 2.24) is 0 Å². The number of rotatable bonds is 1. The van der Waals surface area contributed by atoms with E-state index in [1.54, 1.807) is 30.3 Å². The number of anilines is 1. The second-order valence-corrected chi connectivity index (χ2v) is 5.09. The summed E-state index contributed by atoms with van der Waals surface area (Å²) in [5, 5.41) is 26.5. The quantitative estimate of drug-likeness (QED) is 0.786. The molecule has 2 aromatic rings. The molecular weight excluding hydrogens is 276 g/mol. The van der Waals surface area contributed by atoms with Crippen molar-refractivity contribution in [2.45, 2.75) is 5.92 Å². The lowest BCUT2D eigenvalue weighted by Gasteiger charge is -2.30. The third-order valence-electron chi connectivity index (χ3n) is 3.72. The van der Waals surface area contributed by atoms with E-state index in [1.165, 1.54) is 0 Å². The molecule has 0 radical (unpaired) electrons. The van der Waals surface area contributed by atoms with Crippen molar-refractivity contribution in [3.63, 3.8) is 0 Å². The van der Waals surface area contributed by atoms with Crippen LogP contribution in [0.2, 0.25) is 0 Å². The van der Waals surface area contributed by atoms with Crippen LogP contribution < -0.4 is 10.5 Å². The van der Waals surface area contributed by atoms with Crippen LogP contribution in [0.25, 0.3) is 0 Å². The predicted molar refractivity (Wildman–Crippen MR) is 81.3 cm³/mol. The molecule has 1 aliphatic rings. The summed E-state index contributed by atoms with van der Waals surface area (Å²) in [6, 6.07) is 16.5. The summed E-state index contributed by atoms with van der Waals surface area (Å²) < 4.78 is 5.44. The molecule has 1 aliphatic heterocycles. The van der Waals surface area contributed by atoms with Gasteiger partial charge in [-0.1, -0.05) is 18.2 Å². The van der Waals surface area contributed by atoms with Crippen LogP contribution in [0.5, 0.6) is 5.75 Å². The van der Waals surface area contributed by atoms with Crippen molar-refractivity contribution in [3.05, 3.63) is 59.2 Å². The van der Waals surface area contributed by atoms with Crippen LogP contribution in [-0.4, -0.2) is 5.90 Å². The maximum absolute atomic E-state index is 9.44. The molecule has 2 aromatic carbocycles. The number of benzene rings is 2. The molecule has 0 saturated heterocycles. The van der Waals surface area contributed by atoms with Crippen LogP contribution in [0.4, 0.5) is 5.69 Å². The fraction of sp³-hybridized carbons (Fsp3) is 0.118. The predicted octanol–water partition coefficient (Wildman–Crippen LogP) is 2.78. The molecule has 2 unspecified atom stereocenters. The maximum Gasteiger partial charge on any atom is 0.205 e. The van der Waals surface area contributed by atoms with Crippen molar-refractivity contribution in [2.24, 2.45) is 5.92 Å². The van der Waals surface area contributed by atoms with E-state index in [1.807, 2.05) is 12.1 Å². The highest BCUT2D eigenvalue weighted by Crippen LogP contribution is 2.42. The number of nitrogens with two attached hydrogens (primary N) is 1. The average molecular weight is 288 g/mol. The Morgan fingerprint density at radius 2 is 1.95 bits per heavy atom. The van der Waals surface area contributed by atoms with Gasteiger partial charge in [0.2, 0.25) is 5.90 Å². The molecule has 0 saturated carbocycles. The lowest BCUT2D eigenvalue weighted by Crippen LogP contribution is -2.31. The smallest absolute Gasteiger partial charge is 0.205 e. The van der Waals surface area contributed by atoms with Gasteiger partial charge in [-0.25, -0.2) is 0 Å². The SMILES string of the molecule is N#Cc1cccc(C2c3ccc(N)cc3OC(=N)C2C#N)c1. The van der Waals surface area contributed by atoms with Crippen LogP contribution in [-0.2, 0) is 0 Å². The maximum atomic E-state index is 9.44. The number of nitrogen functional groups attached to an aromatic ring is 1. The zero-order chi connectivity index (χ0) is 15.7. The van der Waals surface area contributed by atoms with Crippen LogP contribution in [0.15, 0.2) is 42.5 Å². The molecule has 3 N–H and O–H groups in total. The Bertz CT molecular complexity index is 844. The van der Waals surface area contributed by atoms with E-state index in [9.17, 15) is 5.26 Å². The molecule has 3 rings (SSSR count). The van der Waals surface area contributed by atoms with Gasteiger partial charge in [-0.15, -0.1) is 0 Å². The number of fused-ring (bicyclic) bond motifs is 1. The van der Waals surface area contributed by atoms with Gasteiger partial charge in [0, 0.05) is 23.2 Å². The first-order valence-corrected chi connectivity index (χ1v) is 6.69. The Labute approximate surface area is 127 Å². The minimum atomic E-state index is -0.731. The second kappa shape index (κ2) is 5.23. The van der Waals surface area contributed by atoms with Gasteiger partial charge in [0.15, 0.2) is 0 Å². The standard InChI is InChI=1S/C17H12N4O/c18-8-10-2-1-3-11(6-10)16-13-5-4-12(20)7-15(13)22-17(21)14(16)9-19/h1-7,14,16,21H,20H2. The third kappa shape index (κ3) is 2.15. The summed E-state index contributed by atoms with van der Waals surface area (Å²) >= 11 is 0. The molecule has 5 heteroatoms. The summed E-state index contributed by atoms with van der Waals surface area (Å²) in [5.41, 5.74) is 8.43. The lowest BCUT2D eigenvalue weighted by molar-refractivity contribution is 0.451. The Morgan fingerprint density at radius 1 is 1.14 bits per heavy atom. The number of ether oxygens (including phenoxy) is 1. The topological polar surface area (TPSA) is 107 Å². The van der Waals surface area contributed by atoms with Crippen molar-refractivity contribution in [3.8, 4) is 17.9 Å². The Hall–Kier alpha value is -3.31. The largest absolute Gasteiger partial charge is 0.442 e. The molecule has 0 aromatic heterocycles. The van der Waals surface area contributed by atoms with Gasteiger partial charge in [0.05, 0.1) is 17.7 Å². The van der Waals surface area contributed by atoms with Crippen LogP contribution in [0, 0.1) is 34.0 Å². The fourth-order valence-electron chi connectivity index (χ4n) is 2.72. The van der Waals surface area contributed by atoms with Gasteiger partial charge in [0.25, 0.3) is 0 Å². The summed E-state index contributed by atoms with van der Waals surface area (Å²) in [6.07, 6.45) is 0. The van der Waals surface area contributed by atoms with Crippen molar-refractivity contribution in [1.29, 1.82) is 15.9 Å². The molecular formula is C17H12N4O. The van der Waals surface area contributed by atoms with E-state index >= 15 is 0 Å². The molecule has 2 atom stereocenters. The van der Waals surface area contributed by atoms with Gasteiger partial charge < -0.3 is 10.5 Å². The Balaban J connectivity index is 2.21. The van der Waals surface area contributed by atoms with E-state index < -0.39 is 5.92 Å². The monoisotopic (exact) mass is 288 g/mol. The Kier molecular flexibility index (Phi) is 3.25. The van der Waals surface area contributed by atoms with Crippen LogP contribution in [0.1, 0.15) is 22.6 Å². The van der Waals surface area contributed by atoms with E-state index in [0.29, 0.717) is 17.0 Å². The second-order valence-electron chi connectivity index (χ2n) is 5.09. The van der Waals surface area contributed by atoms with Crippen molar-refractivity contribution in [2.75, 3.05) is 5.73 Å². The first kappa shape index (κ1) is 13.7. The minimum Gasteiger partial charge on any atom is -0.442 e. The van der Waals surface area contributed by atoms with Crippen LogP contribution in [0.3, 0.4) is 0 Å². The third-order valence-corrected chi connectivity index (χ3v) is 3.72. The first-order chi connectivity index (χ1) is 10.6. The highest BCUT2D eigenvalue weighted by molar-refractivity contribution is 5.85. The molecule has 1 heterocycles. The fourth-order valence-corrected chi connectivity index (χ4v) is 2.72. The number of hydrogen-bond donors (Lipinski definition) is 2. The van der Waals surface area contributed by atoms with Gasteiger partial charge >= 0.3 is 0 Å². The number of hydrogen-bond acceptors (Lipinski definition) is 5. The van der Waals surface area contributed by atoms with Gasteiger partial charge in [-0.2, -0.15) is 10.5 Å². The zero-order valence-electron chi connectivity index (χ0n) is 11.6. The molecule has 0 bridgehead atoms. The normalized spacial score (nSPS) is 19.5. The molecule has 0 aliphatic carbocycles. The summed E-state index contributed by atoms with van der Waals surface area (Å²) in [5.74, 6) is -0.697. The molecule has 22 heavy (non-hydrogen) atoms. The van der Waals surface area contributed by atoms with Gasteiger partial charge in [-0.3, -0.25) is 5.41 Å².